The summed E-state index contributed by atoms with van der Waals surface area (Å²) in [6, 6.07) is 5.59. The molecular formula is C20H27N3O3. The molecule has 0 aromatic carbocycles. The van der Waals surface area contributed by atoms with E-state index >= 15 is 0 Å². The van der Waals surface area contributed by atoms with Crippen LogP contribution in [0.15, 0.2) is 24.4 Å². The maximum atomic E-state index is 12.9. The van der Waals surface area contributed by atoms with Crippen molar-refractivity contribution in [3.05, 3.63) is 30.1 Å². The van der Waals surface area contributed by atoms with Crippen LogP contribution in [0.4, 0.5) is 0 Å². The molecule has 0 N–H and O–H groups in total. The van der Waals surface area contributed by atoms with Crippen molar-refractivity contribution >= 4 is 11.8 Å². The van der Waals surface area contributed by atoms with E-state index in [1.165, 1.54) is 0 Å². The van der Waals surface area contributed by atoms with E-state index in [0.717, 1.165) is 50.8 Å². The van der Waals surface area contributed by atoms with Gasteiger partial charge >= 0.3 is 0 Å². The van der Waals surface area contributed by atoms with Crippen LogP contribution >= 0.6 is 0 Å². The monoisotopic (exact) mass is 357 g/mol. The lowest BCUT2D eigenvalue weighted by molar-refractivity contribution is -0.146. The molecule has 3 fully saturated rings. The number of carbonyl (C=O) groups excluding carboxylic acids is 2. The molecule has 1 atom stereocenters. The maximum absolute atomic E-state index is 12.9. The molecule has 6 nitrogen and oxygen atoms in total. The maximum Gasteiger partial charge on any atom is 0.245 e. The van der Waals surface area contributed by atoms with Crippen LogP contribution in [0.1, 0.15) is 44.2 Å². The van der Waals surface area contributed by atoms with E-state index in [4.69, 9.17) is 4.74 Å². The topological polar surface area (TPSA) is 62.7 Å². The summed E-state index contributed by atoms with van der Waals surface area (Å²) in [4.78, 5) is 33.4. The fraction of sp³-hybridized carbons (Fsp3) is 0.650. The Kier molecular flexibility index (Phi) is 5.20. The molecule has 3 aliphatic rings. The molecule has 1 saturated carbocycles. The Labute approximate surface area is 154 Å². The van der Waals surface area contributed by atoms with E-state index < -0.39 is 0 Å². The molecule has 0 spiro atoms. The van der Waals surface area contributed by atoms with Gasteiger partial charge in [0.1, 0.15) is 6.04 Å². The molecule has 0 bridgehead atoms. The van der Waals surface area contributed by atoms with Gasteiger partial charge in [-0.15, -0.1) is 0 Å². The van der Waals surface area contributed by atoms with Gasteiger partial charge in [-0.2, -0.15) is 0 Å². The minimum Gasteiger partial charge on any atom is -0.372 e. The van der Waals surface area contributed by atoms with E-state index in [-0.39, 0.29) is 29.9 Å². The molecule has 2 saturated heterocycles. The zero-order valence-corrected chi connectivity index (χ0v) is 15.2. The van der Waals surface area contributed by atoms with Crippen LogP contribution in [0.5, 0.6) is 0 Å². The molecule has 4 rings (SSSR count). The number of piperidine rings is 1. The van der Waals surface area contributed by atoms with Crippen molar-refractivity contribution in [1.29, 1.82) is 0 Å². The van der Waals surface area contributed by atoms with Gasteiger partial charge in [-0.25, -0.2) is 0 Å². The molecule has 6 heteroatoms. The zero-order chi connectivity index (χ0) is 17.9. The fourth-order valence-corrected chi connectivity index (χ4v) is 3.99. The van der Waals surface area contributed by atoms with Gasteiger partial charge in [0.15, 0.2) is 0 Å². The quantitative estimate of drug-likeness (QED) is 0.808. The van der Waals surface area contributed by atoms with Gasteiger partial charge in [0.2, 0.25) is 11.8 Å². The van der Waals surface area contributed by atoms with Crippen LogP contribution in [-0.2, 0) is 20.9 Å². The van der Waals surface area contributed by atoms with Crippen LogP contribution in [0.25, 0.3) is 0 Å². The second-order valence-electron chi connectivity index (χ2n) is 7.62. The summed E-state index contributed by atoms with van der Waals surface area (Å²) in [5, 5.41) is 0. The Balaban J connectivity index is 1.26. The van der Waals surface area contributed by atoms with Crippen molar-refractivity contribution in [3.8, 4) is 0 Å². The van der Waals surface area contributed by atoms with E-state index in [2.05, 4.69) is 4.98 Å². The summed E-state index contributed by atoms with van der Waals surface area (Å²) in [6.45, 7) is 2.70. The van der Waals surface area contributed by atoms with E-state index in [1.807, 2.05) is 28.0 Å². The average molecular weight is 357 g/mol. The molecule has 1 aromatic heterocycles. The third-order valence-corrected chi connectivity index (χ3v) is 5.69. The van der Waals surface area contributed by atoms with E-state index in [1.54, 1.807) is 6.20 Å². The third-order valence-electron chi connectivity index (χ3n) is 5.69. The molecule has 1 aliphatic carbocycles. The first-order valence-electron chi connectivity index (χ1n) is 9.83. The molecule has 140 valence electrons. The highest BCUT2D eigenvalue weighted by Crippen LogP contribution is 2.34. The second kappa shape index (κ2) is 7.74. The van der Waals surface area contributed by atoms with Crippen molar-refractivity contribution < 1.29 is 14.3 Å². The van der Waals surface area contributed by atoms with Crippen LogP contribution in [0.2, 0.25) is 0 Å². The van der Waals surface area contributed by atoms with Crippen LogP contribution < -0.4 is 0 Å². The number of hydrogen-bond acceptors (Lipinski definition) is 4. The Morgan fingerprint density at radius 1 is 1.04 bits per heavy atom. The Morgan fingerprint density at radius 3 is 2.54 bits per heavy atom. The summed E-state index contributed by atoms with van der Waals surface area (Å²) in [7, 11) is 0. The van der Waals surface area contributed by atoms with Crippen molar-refractivity contribution in [2.45, 2.75) is 57.3 Å². The normalized spacial score (nSPS) is 24.1. The van der Waals surface area contributed by atoms with Crippen LogP contribution in [0, 0.1) is 5.92 Å². The lowest BCUT2D eigenvalue weighted by Crippen LogP contribution is -2.51. The van der Waals surface area contributed by atoms with Gasteiger partial charge in [0.25, 0.3) is 0 Å². The average Bonchev–Trinajstić information content (AvgIpc) is 3.43. The summed E-state index contributed by atoms with van der Waals surface area (Å²) in [5.74, 6) is 0.531. The SMILES string of the molecule is O=C([C@@H]1CCCN1C(=O)C1CC1)N1CCC(OCc2ccccn2)CC1. The fourth-order valence-electron chi connectivity index (χ4n) is 3.99. The Bertz CT molecular complexity index is 639. The molecule has 0 unspecified atom stereocenters. The van der Waals surface area contributed by atoms with Crippen LogP contribution in [0.3, 0.4) is 0 Å². The largest absolute Gasteiger partial charge is 0.372 e. The van der Waals surface area contributed by atoms with Gasteiger partial charge in [-0.1, -0.05) is 6.07 Å². The molecular weight excluding hydrogens is 330 g/mol. The van der Waals surface area contributed by atoms with Gasteiger partial charge in [0, 0.05) is 31.7 Å². The molecule has 2 amide bonds. The van der Waals surface area contributed by atoms with Crippen LogP contribution in [-0.4, -0.2) is 58.4 Å². The summed E-state index contributed by atoms with van der Waals surface area (Å²) in [5.41, 5.74) is 0.936. The number of likely N-dealkylation sites (tertiary alicyclic amines) is 2. The lowest BCUT2D eigenvalue weighted by Gasteiger charge is -2.35. The number of hydrogen-bond donors (Lipinski definition) is 0. The van der Waals surface area contributed by atoms with Crippen molar-refractivity contribution in [1.82, 2.24) is 14.8 Å². The van der Waals surface area contributed by atoms with Crippen molar-refractivity contribution in [2.24, 2.45) is 5.92 Å². The zero-order valence-electron chi connectivity index (χ0n) is 15.2. The Hall–Kier alpha value is -1.95. The highest BCUT2D eigenvalue weighted by atomic mass is 16.5. The molecule has 3 heterocycles. The summed E-state index contributed by atoms with van der Waals surface area (Å²) < 4.78 is 5.96. The lowest BCUT2D eigenvalue weighted by atomic mass is 10.1. The number of aromatic nitrogens is 1. The van der Waals surface area contributed by atoms with Gasteiger partial charge in [-0.3, -0.25) is 14.6 Å². The number of rotatable bonds is 5. The highest BCUT2D eigenvalue weighted by molar-refractivity contribution is 5.90. The van der Waals surface area contributed by atoms with Crippen molar-refractivity contribution in [2.75, 3.05) is 19.6 Å². The first-order valence-corrected chi connectivity index (χ1v) is 9.83. The summed E-state index contributed by atoms with van der Waals surface area (Å²) >= 11 is 0. The minimum atomic E-state index is -0.228. The van der Waals surface area contributed by atoms with E-state index in [0.29, 0.717) is 19.7 Å². The number of carbonyl (C=O) groups is 2. The standard InChI is InChI=1S/C20H27N3O3/c24-19(15-6-7-15)23-11-3-5-18(23)20(25)22-12-8-17(9-13-22)26-14-16-4-1-2-10-21-16/h1-2,4,10,15,17-18H,3,5-9,11-14H2/t18-/m0/s1. The van der Waals surface area contributed by atoms with Crippen molar-refractivity contribution in [3.63, 3.8) is 0 Å². The smallest absolute Gasteiger partial charge is 0.245 e. The molecule has 26 heavy (non-hydrogen) atoms. The number of amides is 2. The molecule has 2 aliphatic heterocycles. The number of nitrogens with zero attached hydrogens (tertiary/aromatic N) is 3. The number of pyridine rings is 1. The summed E-state index contributed by atoms with van der Waals surface area (Å²) in [6.07, 6.45) is 7.39. The van der Waals surface area contributed by atoms with Gasteiger partial charge < -0.3 is 14.5 Å². The predicted octanol–water partition coefficient (Wildman–Crippen LogP) is 1.99. The Morgan fingerprint density at radius 2 is 1.85 bits per heavy atom. The molecule has 1 aromatic rings. The minimum absolute atomic E-state index is 0.139. The number of ether oxygens (including phenoxy) is 1. The van der Waals surface area contributed by atoms with Gasteiger partial charge in [0.05, 0.1) is 18.4 Å². The first kappa shape index (κ1) is 17.5. The predicted molar refractivity (Wildman–Crippen MR) is 96.1 cm³/mol. The van der Waals surface area contributed by atoms with Gasteiger partial charge in [-0.05, 0) is 50.7 Å². The second-order valence-corrected chi connectivity index (χ2v) is 7.62. The van der Waals surface area contributed by atoms with E-state index in [9.17, 15) is 9.59 Å². The first-order chi connectivity index (χ1) is 12.7. The highest BCUT2D eigenvalue weighted by Gasteiger charge is 2.42. The third kappa shape index (κ3) is 3.90. The molecule has 0 radical (unpaired) electrons.